The summed E-state index contributed by atoms with van der Waals surface area (Å²) in [6.07, 6.45) is 0.912. The summed E-state index contributed by atoms with van der Waals surface area (Å²) in [6, 6.07) is 21.1. The third-order valence-electron chi connectivity index (χ3n) is 6.32. The van der Waals surface area contributed by atoms with Crippen LogP contribution in [0.4, 0.5) is 11.4 Å². The predicted molar refractivity (Wildman–Crippen MR) is 155 cm³/mol. The minimum atomic E-state index is -0.438. The van der Waals surface area contributed by atoms with Gasteiger partial charge < -0.3 is 10.1 Å². The molecule has 0 fully saturated rings. The minimum absolute atomic E-state index is 0.223. The van der Waals surface area contributed by atoms with E-state index in [0.29, 0.717) is 39.4 Å². The highest BCUT2D eigenvalue weighted by atomic mass is 35.5. The van der Waals surface area contributed by atoms with E-state index in [9.17, 15) is 14.4 Å². The third kappa shape index (κ3) is 4.72. The Balaban J connectivity index is 1.33. The molecule has 5 aromatic rings. The van der Waals surface area contributed by atoms with Gasteiger partial charge in [0, 0.05) is 21.8 Å². The van der Waals surface area contributed by atoms with Gasteiger partial charge in [0.25, 0.3) is 11.5 Å². The lowest BCUT2D eigenvalue weighted by Gasteiger charge is -2.16. The number of carbonyl (C=O) groups excluding carboxylic acids is 2. The maximum atomic E-state index is 13.6. The molecular weight excluding hydrogens is 550 g/mol. The van der Waals surface area contributed by atoms with Crippen LogP contribution in [0.1, 0.15) is 18.9 Å². The second-order valence-corrected chi connectivity index (χ2v) is 10.5. The smallest absolute Gasteiger partial charge is 0.291 e. The highest BCUT2D eigenvalue weighted by Crippen LogP contribution is 2.35. The van der Waals surface area contributed by atoms with Gasteiger partial charge in [0.15, 0.2) is 5.82 Å². The molecule has 0 atom stereocenters. The van der Waals surface area contributed by atoms with Gasteiger partial charge >= 0.3 is 0 Å². The van der Waals surface area contributed by atoms with Gasteiger partial charge in [-0.2, -0.15) is 9.50 Å². The zero-order chi connectivity index (χ0) is 27.8. The molecular formula is C29H22ClN5O4S. The van der Waals surface area contributed by atoms with E-state index < -0.39 is 11.5 Å². The maximum Gasteiger partial charge on any atom is 0.291 e. The van der Waals surface area contributed by atoms with Crippen molar-refractivity contribution in [2.24, 2.45) is 0 Å². The lowest BCUT2D eigenvalue weighted by atomic mass is 10.1. The van der Waals surface area contributed by atoms with Crippen LogP contribution in [0.2, 0.25) is 5.02 Å². The number of carbonyl (C=O) groups is 2. The summed E-state index contributed by atoms with van der Waals surface area (Å²) in [5.41, 5.74) is 2.23. The van der Waals surface area contributed by atoms with E-state index in [2.05, 4.69) is 15.4 Å². The number of thiazole rings is 1. The van der Waals surface area contributed by atoms with Gasteiger partial charge in [0.05, 0.1) is 17.9 Å². The lowest BCUT2D eigenvalue weighted by Crippen LogP contribution is -2.37. The molecule has 0 bridgehead atoms. The Bertz CT molecular complexity index is 1870. The molecule has 9 nitrogen and oxygen atoms in total. The Morgan fingerprint density at radius 3 is 2.50 bits per heavy atom. The highest BCUT2D eigenvalue weighted by Gasteiger charge is 2.35. The monoisotopic (exact) mass is 571 g/mol. The first-order valence-corrected chi connectivity index (χ1v) is 13.8. The number of ether oxygens (including phenoxy) is 1. The van der Waals surface area contributed by atoms with Crippen molar-refractivity contribution >= 4 is 56.7 Å². The Morgan fingerprint density at radius 2 is 1.77 bits per heavy atom. The third-order valence-corrected chi connectivity index (χ3v) is 7.60. The number of benzene rings is 3. The SMILES string of the molecule is CCCOc1ccc(-c2nc3sc(=C4C(=O)N(CC(=O)Nc5ccc(Cl)cc5)c5ccccc54)c(=O)n3n2)cc1. The van der Waals surface area contributed by atoms with E-state index in [-0.39, 0.29) is 22.6 Å². The summed E-state index contributed by atoms with van der Waals surface area (Å²) in [5, 5.41) is 7.74. The molecule has 11 heteroatoms. The Labute approximate surface area is 237 Å². The number of anilines is 2. The van der Waals surface area contributed by atoms with E-state index in [0.717, 1.165) is 29.1 Å². The number of para-hydroxylation sites is 1. The molecule has 0 aliphatic carbocycles. The van der Waals surface area contributed by atoms with E-state index in [1.807, 2.05) is 31.2 Å². The fourth-order valence-corrected chi connectivity index (χ4v) is 5.59. The molecule has 3 heterocycles. The first kappa shape index (κ1) is 25.7. The zero-order valence-electron chi connectivity index (χ0n) is 21.3. The van der Waals surface area contributed by atoms with Gasteiger partial charge in [-0.25, -0.2) is 0 Å². The van der Waals surface area contributed by atoms with Crippen LogP contribution in [-0.4, -0.2) is 39.6 Å². The van der Waals surface area contributed by atoms with Crippen molar-refractivity contribution in [3.05, 3.63) is 98.3 Å². The molecule has 0 saturated carbocycles. The number of rotatable bonds is 7. The topological polar surface area (TPSA) is 106 Å². The van der Waals surface area contributed by atoms with Crippen molar-refractivity contribution in [2.75, 3.05) is 23.4 Å². The van der Waals surface area contributed by atoms with Gasteiger partial charge in [-0.3, -0.25) is 19.3 Å². The molecule has 1 aliphatic rings. The van der Waals surface area contributed by atoms with E-state index in [4.69, 9.17) is 16.3 Å². The summed E-state index contributed by atoms with van der Waals surface area (Å²) in [5.74, 6) is 0.338. The van der Waals surface area contributed by atoms with E-state index in [1.165, 1.54) is 9.42 Å². The quantitative estimate of drug-likeness (QED) is 0.314. The molecule has 3 aromatic carbocycles. The van der Waals surface area contributed by atoms with Gasteiger partial charge in [0.2, 0.25) is 10.9 Å². The molecule has 200 valence electrons. The molecule has 0 saturated heterocycles. The molecule has 0 spiro atoms. The summed E-state index contributed by atoms with van der Waals surface area (Å²) in [7, 11) is 0. The van der Waals surface area contributed by atoms with Crippen LogP contribution >= 0.6 is 22.9 Å². The second-order valence-electron chi connectivity index (χ2n) is 9.08. The second kappa shape index (κ2) is 10.6. The number of halogens is 1. The largest absolute Gasteiger partial charge is 0.494 e. The molecule has 1 N–H and O–H groups in total. The summed E-state index contributed by atoms with van der Waals surface area (Å²) in [4.78, 5) is 46.2. The van der Waals surface area contributed by atoms with Crippen molar-refractivity contribution in [1.82, 2.24) is 14.6 Å². The van der Waals surface area contributed by atoms with Crippen molar-refractivity contribution in [2.45, 2.75) is 13.3 Å². The first-order valence-electron chi connectivity index (χ1n) is 12.6. The lowest BCUT2D eigenvalue weighted by molar-refractivity contribution is -0.118. The average Bonchev–Trinajstić information content (AvgIpc) is 3.60. The molecule has 0 unspecified atom stereocenters. The average molecular weight is 572 g/mol. The summed E-state index contributed by atoms with van der Waals surface area (Å²) in [6.45, 7) is 2.45. The number of nitrogens with zero attached hydrogens (tertiary/aromatic N) is 4. The Hall–Kier alpha value is -4.54. The van der Waals surface area contributed by atoms with E-state index >= 15 is 0 Å². The van der Waals surface area contributed by atoms with Crippen LogP contribution in [0.3, 0.4) is 0 Å². The minimum Gasteiger partial charge on any atom is -0.494 e. The first-order chi connectivity index (χ1) is 19.4. The van der Waals surface area contributed by atoms with Crippen molar-refractivity contribution in [1.29, 1.82) is 0 Å². The summed E-state index contributed by atoms with van der Waals surface area (Å²) >= 11 is 7.02. The number of hydrogen-bond acceptors (Lipinski definition) is 7. The van der Waals surface area contributed by atoms with Crippen LogP contribution in [-0.2, 0) is 9.59 Å². The summed E-state index contributed by atoms with van der Waals surface area (Å²) < 4.78 is 7.07. The fourth-order valence-electron chi connectivity index (χ4n) is 4.46. The van der Waals surface area contributed by atoms with Gasteiger partial charge in [0.1, 0.15) is 16.8 Å². The van der Waals surface area contributed by atoms with Gasteiger partial charge in [-0.1, -0.05) is 48.1 Å². The van der Waals surface area contributed by atoms with Crippen LogP contribution in [0.25, 0.3) is 21.9 Å². The van der Waals surface area contributed by atoms with Crippen molar-refractivity contribution < 1.29 is 14.3 Å². The number of nitrogens with one attached hydrogen (secondary N) is 1. The van der Waals surface area contributed by atoms with Crippen LogP contribution in [0.5, 0.6) is 5.75 Å². The Morgan fingerprint density at radius 1 is 1.02 bits per heavy atom. The standard InChI is InChI=1S/C29H22ClN5O4S/c1-2-15-39-20-13-7-17(8-14-20)26-32-29-35(33-26)28(38)25(40-29)24-21-5-3-4-6-22(21)34(27(24)37)16-23(36)31-19-11-9-18(30)10-12-19/h3-14H,2,15-16H2,1H3,(H,31,36). The molecule has 6 rings (SSSR count). The van der Waals surface area contributed by atoms with E-state index in [1.54, 1.807) is 48.5 Å². The number of amides is 2. The number of fused-ring (bicyclic) bond motifs is 2. The van der Waals surface area contributed by atoms with Crippen molar-refractivity contribution in [3.63, 3.8) is 0 Å². The van der Waals surface area contributed by atoms with Gasteiger partial charge in [-0.05, 0) is 61.0 Å². The predicted octanol–water partition coefficient (Wildman–Crippen LogP) is 4.16. The van der Waals surface area contributed by atoms with Crippen LogP contribution in [0.15, 0.2) is 77.6 Å². The molecule has 40 heavy (non-hydrogen) atoms. The maximum absolute atomic E-state index is 13.6. The molecule has 1 aliphatic heterocycles. The van der Waals surface area contributed by atoms with Crippen LogP contribution < -0.4 is 25.0 Å². The highest BCUT2D eigenvalue weighted by molar-refractivity contribution is 7.15. The van der Waals surface area contributed by atoms with Crippen LogP contribution in [0, 0.1) is 0 Å². The zero-order valence-corrected chi connectivity index (χ0v) is 22.8. The number of hydrogen-bond donors (Lipinski definition) is 1. The van der Waals surface area contributed by atoms with Crippen molar-refractivity contribution in [3.8, 4) is 17.1 Å². The normalized spacial score (nSPS) is 14.1. The van der Waals surface area contributed by atoms with Gasteiger partial charge in [-0.15, -0.1) is 5.10 Å². The fraction of sp³-hybridized carbons (Fsp3) is 0.138. The Kier molecular flexibility index (Phi) is 6.79. The molecule has 2 amide bonds. The molecule has 0 radical (unpaired) electrons. The molecule has 2 aromatic heterocycles. The number of aromatic nitrogens is 3.